The van der Waals surface area contributed by atoms with E-state index in [2.05, 4.69) is 4.98 Å². The Kier molecular flexibility index (Phi) is 3.24. The maximum absolute atomic E-state index is 10.7. The first-order valence-corrected chi connectivity index (χ1v) is 3.84. The average Bonchev–Trinajstić information content (AvgIpc) is 2.17. The van der Waals surface area contributed by atoms with Crippen molar-refractivity contribution in [2.75, 3.05) is 0 Å². The maximum Gasteiger partial charge on any atom is 3.00 e. The smallest absolute Gasteiger partial charge is 0.545 e. The van der Waals surface area contributed by atoms with E-state index in [1.807, 2.05) is 12.1 Å². The van der Waals surface area contributed by atoms with Crippen LogP contribution in [0.5, 0.6) is 0 Å². The van der Waals surface area contributed by atoms with Gasteiger partial charge in [-0.05, 0) is 6.07 Å². The van der Waals surface area contributed by atoms with Crippen LogP contribution < -0.4 is 5.11 Å². The van der Waals surface area contributed by atoms with Gasteiger partial charge in [0.15, 0.2) is 0 Å². The molecule has 64 valence electrons. The molecule has 1 aromatic heterocycles. The zero-order chi connectivity index (χ0) is 9.26. The van der Waals surface area contributed by atoms with Gasteiger partial charge < -0.3 is 9.90 Å². The van der Waals surface area contributed by atoms with Crippen molar-refractivity contribution in [1.82, 2.24) is 4.98 Å². The van der Waals surface area contributed by atoms with Crippen molar-refractivity contribution in [3.63, 3.8) is 0 Å². The molecule has 1 aromatic carbocycles. The van der Waals surface area contributed by atoms with Crippen molar-refractivity contribution in [2.24, 2.45) is 0 Å². The summed E-state index contributed by atoms with van der Waals surface area (Å²) in [6.07, 6.45) is 1.56. The van der Waals surface area contributed by atoms with Gasteiger partial charge in [-0.1, -0.05) is 24.3 Å². The Balaban J connectivity index is 0.000000980. The number of carboxylic acids is 1. The van der Waals surface area contributed by atoms with Crippen LogP contribution in [0, 0.1) is 0 Å². The Morgan fingerprint density at radius 2 is 1.93 bits per heavy atom. The molecule has 0 aliphatic carbocycles. The summed E-state index contributed by atoms with van der Waals surface area (Å²) in [5, 5.41) is 11.5. The zero-order valence-electron chi connectivity index (χ0n) is 7.31. The summed E-state index contributed by atoms with van der Waals surface area (Å²) in [6, 6.07) is 8.56. The van der Waals surface area contributed by atoms with E-state index >= 15 is 0 Å². The maximum atomic E-state index is 10.7. The fourth-order valence-electron chi connectivity index (χ4n) is 1.27. The van der Waals surface area contributed by atoms with Crippen molar-refractivity contribution in [1.29, 1.82) is 0 Å². The molecular weight excluding hydrogens is 193 g/mol. The van der Waals surface area contributed by atoms with Crippen LogP contribution in [0.1, 0.15) is 10.4 Å². The quantitative estimate of drug-likeness (QED) is 0.617. The summed E-state index contributed by atoms with van der Waals surface area (Å²) in [7, 11) is 0. The zero-order valence-corrected chi connectivity index (χ0v) is 8.46. The van der Waals surface area contributed by atoms with Crippen LogP contribution in [0.2, 0.25) is 0 Å². The van der Waals surface area contributed by atoms with Crippen molar-refractivity contribution in [2.45, 2.75) is 0 Å². The van der Waals surface area contributed by atoms with Gasteiger partial charge in [-0.25, -0.2) is 0 Å². The Hall–Kier alpha value is -1.37. The molecule has 2 aromatic rings. The van der Waals surface area contributed by atoms with E-state index < -0.39 is 5.97 Å². The van der Waals surface area contributed by atoms with E-state index in [-0.39, 0.29) is 22.9 Å². The van der Waals surface area contributed by atoms with E-state index in [4.69, 9.17) is 0 Å². The number of rotatable bonds is 1. The molecule has 0 aliphatic heterocycles. The van der Waals surface area contributed by atoms with Crippen molar-refractivity contribution < 1.29 is 9.90 Å². The molecule has 1 heterocycles. The first-order valence-electron chi connectivity index (χ1n) is 3.84. The topological polar surface area (TPSA) is 53.0 Å². The van der Waals surface area contributed by atoms with Crippen molar-refractivity contribution >= 4 is 34.2 Å². The van der Waals surface area contributed by atoms with Crippen LogP contribution in [0.25, 0.3) is 10.9 Å². The van der Waals surface area contributed by atoms with Gasteiger partial charge in [0.2, 0.25) is 0 Å². The summed E-state index contributed by atoms with van der Waals surface area (Å²) < 4.78 is 0. The number of benzene rings is 1. The first kappa shape index (κ1) is 10.7. The predicted octanol–water partition coefficient (Wildman–Crippen LogP) is 0.217. The monoisotopic (exact) mass is 199 g/mol. The second-order valence-corrected chi connectivity index (χ2v) is 2.67. The minimum atomic E-state index is -1.19. The molecular formula is C10H6AlNO2+2. The number of carbonyl (C=O) groups excluding carboxylic acids is 1. The SMILES string of the molecule is O=C([O-])c1cccc2cccnc12.[Al+3]. The average molecular weight is 199 g/mol. The van der Waals surface area contributed by atoms with Crippen molar-refractivity contribution in [3.8, 4) is 0 Å². The number of carbonyl (C=O) groups is 1. The second kappa shape index (κ2) is 4.23. The summed E-state index contributed by atoms with van der Waals surface area (Å²) in [6.45, 7) is 0. The van der Waals surface area contributed by atoms with E-state index in [0.29, 0.717) is 5.52 Å². The molecule has 0 fully saturated rings. The Labute approximate surface area is 91.5 Å². The van der Waals surface area contributed by atoms with Gasteiger partial charge in [0, 0.05) is 17.1 Å². The van der Waals surface area contributed by atoms with E-state index in [1.165, 1.54) is 6.07 Å². The Morgan fingerprint density at radius 1 is 1.21 bits per heavy atom. The van der Waals surface area contributed by atoms with Crippen LogP contribution in [-0.2, 0) is 0 Å². The second-order valence-electron chi connectivity index (χ2n) is 2.67. The molecule has 0 bridgehead atoms. The Morgan fingerprint density at radius 3 is 2.64 bits per heavy atom. The number of carboxylic acid groups (broad SMARTS) is 1. The van der Waals surface area contributed by atoms with E-state index in [0.717, 1.165) is 5.39 Å². The summed E-state index contributed by atoms with van der Waals surface area (Å²) in [5.41, 5.74) is 0.614. The molecule has 0 N–H and O–H groups in total. The molecule has 0 amide bonds. The van der Waals surface area contributed by atoms with E-state index in [9.17, 15) is 9.90 Å². The fourth-order valence-corrected chi connectivity index (χ4v) is 1.27. The molecule has 0 aliphatic rings. The molecule has 0 saturated heterocycles. The van der Waals surface area contributed by atoms with Crippen LogP contribution in [0.15, 0.2) is 36.5 Å². The summed E-state index contributed by atoms with van der Waals surface area (Å²) >= 11 is 0. The molecule has 2 rings (SSSR count). The van der Waals surface area contributed by atoms with Crippen LogP contribution >= 0.6 is 0 Å². The van der Waals surface area contributed by atoms with Gasteiger partial charge >= 0.3 is 17.4 Å². The number of aromatic nitrogens is 1. The van der Waals surface area contributed by atoms with Crippen LogP contribution in [0.3, 0.4) is 0 Å². The molecule has 0 atom stereocenters. The van der Waals surface area contributed by atoms with Crippen molar-refractivity contribution in [3.05, 3.63) is 42.1 Å². The number of hydrogen-bond acceptors (Lipinski definition) is 3. The minimum Gasteiger partial charge on any atom is -0.545 e. The van der Waals surface area contributed by atoms with Gasteiger partial charge in [-0.3, -0.25) is 4.98 Å². The molecule has 4 heteroatoms. The number of hydrogen-bond donors (Lipinski definition) is 0. The van der Waals surface area contributed by atoms with E-state index in [1.54, 1.807) is 18.3 Å². The number of para-hydroxylation sites is 1. The fraction of sp³-hybridized carbons (Fsp3) is 0. The summed E-state index contributed by atoms with van der Waals surface area (Å²) in [4.78, 5) is 14.6. The molecule has 0 spiro atoms. The molecule has 0 saturated carbocycles. The predicted molar refractivity (Wildman–Crippen MR) is 51.8 cm³/mol. The minimum absolute atomic E-state index is 0. The summed E-state index contributed by atoms with van der Waals surface area (Å²) in [5.74, 6) is -1.19. The molecule has 14 heavy (non-hydrogen) atoms. The van der Waals surface area contributed by atoms with Gasteiger partial charge in [-0.15, -0.1) is 0 Å². The van der Waals surface area contributed by atoms with Crippen LogP contribution in [-0.4, -0.2) is 28.3 Å². The third-order valence-corrected chi connectivity index (χ3v) is 1.85. The first-order chi connectivity index (χ1) is 6.29. The number of aromatic carboxylic acids is 1. The number of nitrogens with zero attached hydrogens (tertiary/aromatic N) is 1. The van der Waals surface area contributed by atoms with Gasteiger partial charge in [-0.2, -0.15) is 0 Å². The number of pyridine rings is 1. The van der Waals surface area contributed by atoms with Gasteiger partial charge in [0.1, 0.15) is 0 Å². The van der Waals surface area contributed by atoms with Gasteiger partial charge in [0.05, 0.1) is 11.5 Å². The molecule has 0 radical (unpaired) electrons. The largest absolute Gasteiger partial charge is 3.00 e. The molecule has 3 nitrogen and oxygen atoms in total. The third-order valence-electron chi connectivity index (χ3n) is 1.85. The standard InChI is InChI=1S/C10H7NO2.Al/c12-10(13)8-5-1-3-7-4-2-6-11-9(7)8;/h1-6H,(H,12,13);/q;+3/p-1. The number of fused-ring (bicyclic) bond motifs is 1. The normalized spacial score (nSPS) is 9.43. The van der Waals surface area contributed by atoms with Crippen LogP contribution in [0.4, 0.5) is 0 Å². The Bertz CT molecular complexity index is 465. The third kappa shape index (κ3) is 1.77. The van der Waals surface area contributed by atoms with Gasteiger partial charge in [0.25, 0.3) is 0 Å². The molecule has 0 unspecified atom stereocenters.